The highest BCUT2D eigenvalue weighted by molar-refractivity contribution is 6.31. The van der Waals surface area contributed by atoms with Crippen LogP contribution in [0.5, 0.6) is 5.88 Å². The first kappa shape index (κ1) is 24.2. The zero-order valence-corrected chi connectivity index (χ0v) is 20.0. The van der Waals surface area contributed by atoms with Gasteiger partial charge in [0, 0.05) is 10.4 Å². The number of nitrogens with zero attached hydrogens (tertiary/aromatic N) is 2. The minimum Gasteiger partial charge on any atom is -0.491 e. The van der Waals surface area contributed by atoms with E-state index in [1.807, 2.05) is 12.1 Å². The Labute approximate surface area is 214 Å². The summed E-state index contributed by atoms with van der Waals surface area (Å²) in [7, 11) is 0. The Morgan fingerprint density at radius 1 is 1.00 bits per heavy atom. The molecule has 1 atom stereocenters. The van der Waals surface area contributed by atoms with Crippen molar-refractivity contribution in [3.8, 4) is 5.88 Å². The monoisotopic (exact) mass is 516 g/mol. The van der Waals surface area contributed by atoms with Gasteiger partial charge in [-0.05, 0) is 29.3 Å². The molecule has 0 saturated carbocycles. The number of halogens is 1. The van der Waals surface area contributed by atoms with Crippen LogP contribution in [0.15, 0.2) is 88.5 Å². The van der Waals surface area contributed by atoms with E-state index in [2.05, 4.69) is 15.4 Å². The Morgan fingerprint density at radius 3 is 2.22 bits per heavy atom. The topological polar surface area (TPSA) is 137 Å². The number of aromatic nitrogens is 3. The number of benzene rings is 3. The third-order valence-corrected chi connectivity index (χ3v) is 6.35. The van der Waals surface area contributed by atoms with Gasteiger partial charge < -0.3 is 20.5 Å². The number of aromatic hydroxyl groups is 1. The quantitative estimate of drug-likeness (QED) is 0.256. The van der Waals surface area contributed by atoms with Crippen LogP contribution in [-0.2, 0) is 4.79 Å². The number of H-pyrrole nitrogens is 1. The van der Waals surface area contributed by atoms with Gasteiger partial charge in [0.25, 0.3) is 11.4 Å². The second-order valence-electron chi connectivity index (χ2n) is 8.43. The Balaban J connectivity index is 1.60. The van der Waals surface area contributed by atoms with Crippen LogP contribution in [0.25, 0.3) is 21.8 Å². The summed E-state index contributed by atoms with van der Waals surface area (Å²) in [5, 5.41) is 27.4. The molecule has 0 spiro atoms. The summed E-state index contributed by atoms with van der Waals surface area (Å²) >= 11 is 6.01. The molecule has 3 aromatic carbocycles. The van der Waals surface area contributed by atoms with Gasteiger partial charge in [-0.3, -0.25) is 14.4 Å². The molecular weight excluding hydrogens is 496 g/mol. The first-order chi connectivity index (χ1) is 17.9. The maximum absolute atomic E-state index is 13.5. The summed E-state index contributed by atoms with van der Waals surface area (Å²) in [5.74, 6) is -1.91. The third kappa shape index (κ3) is 4.46. The third-order valence-electron chi connectivity index (χ3n) is 6.12. The number of amides is 1. The second-order valence-corrected chi connectivity index (χ2v) is 8.87. The molecule has 2 heterocycles. The molecule has 10 heteroatoms. The summed E-state index contributed by atoms with van der Waals surface area (Å²) in [6, 6.07) is 22.5. The van der Waals surface area contributed by atoms with Gasteiger partial charge in [0.15, 0.2) is 0 Å². The Bertz CT molecular complexity index is 1700. The van der Waals surface area contributed by atoms with Crippen molar-refractivity contribution in [1.82, 2.24) is 20.1 Å². The Kier molecular flexibility index (Phi) is 6.47. The average molecular weight is 517 g/mol. The molecule has 1 unspecified atom stereocenters. The maximum Gasteiger partial charge on any atom is 0.282 e. The van der Waals surface area contributed by atoms with Crippen molar-refractivity contribution in [2.24, 2.45) is 0 Å². The van der Waals surface area contributed by atoms with E-state index in [0.29, 0.717) is 26.3 Å². The summed E-state index contributed by atoms with van der Waals surface area (Å²) < 4.78 is 0.708. The zero-order valence-electron chi connectivity index (χ0n) is 19.3. The molecule has 9 nitrogen and oxygen atoms in total. The lowest BCUT2D eigenvalue weighted by molar-refractivity contribution is -0.123. The largest absolute Gasteiger partial charge is 0.491 e. The van der Waals surface area contributed by atoms with Crippen LogP contribution in [0.4, 0.5) is 0 Å². The first-order valence-corrected chi connectivity index (χ1v) is 11.7. The van der Waals surface area contributed by atoms with Gasteiger partial charge in [0.2, 0.25) is 11.3 Å². The van der Waals surface area contributed by atoms with Crippen LogP contribution in [0.2, 0.25) is 5.02 Å². The lowest BCUT2D eigenvalue weighted by atomic mass is 9.90. The molecule has 0 bridgehead atoms. The molecule has 0 aliphatic carbocycles. The second kappa shape index (κ2) is 9.88. The molecule has 0 radical (unpaired) electrons. The van der Waals surface area contributed by atoms with Crippen molar-refractivity contribution in [3.05, 3.63) is 116 Å². The minimum atomic E-state index is -1.36. The van der Waals surface area contributed by atoms with Gasteiger partial charge in [-0.25, -0.2) is 4.68 Å². The number of hydrogen-bond donors (Lipinski definition) is 4. The normalized spacial score (nSPS) is 12.2. The Morgan fingerprint density at radius 2 is 1.62 bits per heavy atom. The van der Waals surface area contributed by atoms with Crippen LogP contribution < -0.4 is 16.3 Å². The first-order valence-electron chi connectivity index (χ1n) is 11.4. The van der Waals surface area contributed by atoms with Gasteiger partial charge in [-0.15, -0.1) is 5.10 Å². The van der Waals surface area contributed by atoms with E-state index in [-0.39, 0.29) is 16.3 Å². The highest BCUT2D eigenvalue weighted by Crippen LogP contribution is 2.26. The van der Waals surface area contributed by atoms with Crippen molar-refractivity contribution in [3.63, 3.8) is 0 Å². The molecule has 0 aliphatic rings. The molecule has 2 aromatic heterocycles. The lowest BCUT2D eigenvalue weighted by Gasteiger charge is -2.23. The SMILES string of the molecule is O=C(NC(CO)n1nc(O)c2[nH]c3cc(Cl)ccc3c(=O)c2c1=O)C(c1ccccc1)c1ccccc1. The molecule has 0 saturated heterocycles. The molecule has 1 amide bonds. The standard InChI is InChI=1S/C27H21ClN4O5/c28-17-11-12-18-19(13-17)29-23-22(24(18)34)27(37)32(31-26(23)36)20(14-33)30-25(35)21(15-7-3-1-4-8-15)16-9-5-2-6-10-16/h1-13,20-21,33H,14H2,(H,29,34)(H,30,35)(H,31,36). The number of hydrogen-bond acceptors (Lipinski definition) is 6. The molecule has 37 heavy (non-hydrogen) atoms. The van der Waals surface area contributed by atoms with E-state index < -0.39 is 41.5 Å². The molecular formula is C27H21ClN4O5. The highest BCUT2D eigenvalue weighted by Gasteiger charge is 2.27. The van der Waals surface area contributed by atoms with E-state index in [1.165, 1.54) is 18.2 Å². The van der Waals surface area contributed by atoms with Crippen LogP contribution in [0.3, 0.4) is 0 Å². The van der Waals surface area contributed by atoms with Gasteiger partial charge in [0.1, 0.15) is 17.1 Å². The molecule has 5 aromatic rings. The number of aliphatic hydroxyl groups excluding tert-OH is 1. The van der Waals surface area contributed by atoms with E-state index >= 15 is 0 Å². The van der Waals surface area contributed by atoms with E-state index in [9.17, 15) is 24.6 Å². The maximum atomic E-state index is 13.5. The number of carbonyl (C=O) groups is 1. The molecule has 5 rings (SSSR count). The number of fused-ring (bicyclic) bond motifs is 2. The van der Waals surface area contributed by atoms with Gasteiger partial charge >= 0.3 is 0 Å². The highest BCUT2D eigenvalue weighted by atomic mass is 35.5. The predicted octanol–water partition coefficient (Wildman–Crippen LogP) is 3.04. The number of pyridine rings is 1. The number of rotatable bonds is 6. The fourth-order valence-corrected chi connectivity index (χ4v) is 4.55. The van der Waals surface area contributed by atoms with Crippen LogP contribution in [-0.4, -0.2) is 37.5 Å². The average Bonchev–Trinajstić information content (AvgIpc) is 2.90. The van der Waals surface area contributed by atoms with E-state index in [1.54, 1.807) is 48.5 Å². The fraction of sp³-hybridized carbons (Fsp3) is 0.111. The van der Waals surface area contributed by atoms with Gasteiger partial charge in [-0.2, -0.15) is 0 Å². The van der Waals surface area contributed by atoms with Crippen molar-refractivity contribution in [2.75, 3.05) is 6.61 Å². The number of nitrogens with one attached hydrogen (secondary N) is 2. The van der Waals surface area contributed by atoms with Crippen molar-refractivity contribution < 1.29 is 15.0 Å². The lowest BCUT2D eigenvalue weighted by Crippen LogP contribution is -2.43. The summed E-state index contributed by atoms with van der Waals surface area (Å²) in [6.07, 6.45) is -1.36. The fourth-order valence-electron chi connectivity index (χ4n) is 4.38. The smallest absolute Gasteiger partial charge is 0.282 e. The van der Waals surface area contributed by atoms with Crippen LogP contribution in [0, 0.1) is 0 Å². The summed E-state index contributed by atoms with van der Waals surface area (Å²) in [4.78, 5) is 42.9. The summed E-state index contributed by atoms with van der Waals surface area (Å²) in [6.45, 7) is -0.721. The van der Waals surface area contributed by atoms with Crippen LogP contribution >= 0.6 is 11.6 Å². The molecule has 186 valence electrons. The number of aliphatic hydroxyl groups is 1. The molecule has 4 N–H and O–H groups in total. The van der Waals surface area contributed by atoms with Crippen molar-refractivity contribution >= 4 is 39.3 Å². The van der Waals surface area contributed by atoms with Crippen molar-refractivity contribution in [2.45, 2.75) is 12.1 Å². The number of aromatic amines is 1. The summed E-state index contributed by atoms with van der Waals surface area (Å²) in [5.41, 5.74) is 0.0140. The van der Waals surface area contributed by atoms with Crippen LogP contribution in [0.1, 0.15) is 23.2 Å². The minimum absolute atomic E-state index is 0.171. The van der Waals surface area contributed by atoms with Crippen molar-refractivity contribution in [1.29, 1.82) is 0 Å². The molecule has 0 fully saturated rings. The van der Waals surface area contributed by atoms with E-state index in [0.717, 1.165) is 0 Å². The Hall–Kier alpha value is -4.47. The number of carbonyl (C=O) groups excluding carboxylic acids is 1. The van der Waals surface area contributed by atoms with Gasteiger partial charge in [0.05, 0.1) is 18.0 Å². The zero-order chi connectivity index (χ0) is 26.1. The predicted molar refractivity (Wildman–Crippen MR) is 140 cm³/mol. The molecule has 0 aliphatic heterocycles. The van der Waals surface area contributed by atoms with E-state index in [4.69, 9.17) is 11.6 Å². The van der Waals surface area contributed by atoms with Gasteiger partial charge in [-0.1, -0.05) is 72.3 Å².